The van der Waals surface area contributed by atoms with Crippen LogP contribution in [0.25, 0.3) is 10.6 Å². The van der Waals surface area contributed by atoms with Crippen LogP contribution in [0.2, 0.25) is 0 Å². The highest BCUT2D eigenvalue weighted by molar-refractivity contribution is 7.13. The van der Waals surface area contributed by atoms with E-state index in [9.17, 15) is 4.79 Å². The van der Waals surface area contributed by atoms with E-state index in [4.69, 9.17) is 4.74 Å². The molecule has 0 radical (unpaired) electrons. The quantitative estimate of drug-likeness (QED) is 0.646. The Morgan fingerprint density at radius 2 is 1.92 bits per heavy atom. The summed E-state index contributed by atoms with van der Waals surface area (Å²) in [5, 5.41) is 5.81. The van der Waals surface area contributed by atoms with Crippen LogP contribution in [0.1, 0.15) is 16.1 Å². The third-order valence-electron chi connectivity index (χ3n) is 3.49. The van der Waals surface area contributed by atoms with Crippen molar-refractivity contribution in [2.45, 2.75) is 6.54 Å². The van der Waals surface area contributed by atoms with Crippen LogP contribution in [0, 0.1) is 0 Å². The van der Waals surface area contributed by atoms with Gasteiger partial charge in [-0.05, 0) is 24.3 Å². The number of thiazole rings is 1. The monoisotopic (exact) mass is 350 g/mol. The minimum atomic E-state index is -0.135. The van der Waals surface area contributed by atoms with Gasteiger partial charge in [0, 0.05) is 16.5 Å². The van der Waals surface area contributed by atoms with Gasteiger partial charge in [-0.3, -0.25) is 4.79 Å². The molecule has 3 aromatic rings. The maximum Gasteiger partial charge on any atom is 0.251 e. The van der Waals surface area contributed by atoms with Crippen LogP contribution < -0.4 is 10.1 Å². The summed E-state index contributed by atoms with van der Waals surface area (Å²) >= 11 is 1.57. The van der Waals surface area contributed by atoms with Crippen molar-refractivity contribution in [2.75, 3.05) is 6.61 Å². The van der Waals surface area contributed by atoms with Gasteiger partial charge in [0.15, 0.2) is 0 Å². The van der Waals surface area contributed by atoms with Crippen molar-refractivity contribution < 1.29 is 9.53 Å². The molecule has 4 nitrogen and oxygen atoms in total. The summed E-state index contributed by atoms with van der Waals surface area (Å²) in [6.45, 7) is 4.44. The molecule has 0 aliphatic carbocycles. The molecule has 0 aliphatic rings. The van der Waals surface area contributed by atoms with Gasteiger partial charge in [0.05, 0.1) is 12.2 Å². The molecule has 0 aliphatic heterocycles. The van der Waals surface area contributed by atoms with Crippen molar-refractivity contribution >= 4 is 17.2 Å². The molecule has 0 fully saturated rings. The Morgan fingerprint density at radius 1 is 1.16 bits per heavy atom. The third-order valence-corrected chi connectivity index (χ3v) is 4.43. The molecule has 1 N–H and O–H groups in total. The molecule has 1 heterocycles. The molecule has 0 bridgehead atoms. The van der Waals surface area contributed by atoms with Gasteiger partial charge in [-0.2, -0.15) is 0 Å². The van der Waals surface area contributed by atoms with Gasteiger partial charge in [-0.1, -0.05) is 43.0 Å². The summed E-state index contributed by atoms with van der Waals surface area (Å²) in [6.07, 6.45) is 1.68. The van der Waals surface area contributed by atoms with Crippen LogP contribution in [0.15, 0.2) is 72.6 Å². The fourth-order valence-corrected chi connectivity index (χ4v) is 3.06. The Bertz CT molecular complexity index is 842. The predicted molar refractivity (Wildman–Crippen MR) is 101 cm³/mol. The maximum absolute atomic E-state index is 12.2. The number of nitrogens with zero attached hydrogens (tertiary/aromatic N) is 1. The second kappa shape index (κ2) is 8.26. The highest BCUT2D eigenvalue weighted by Gasteiger charge is 2.08. The standard InChI is InChI=1S/C20H18N2O2S/c1-2-12-24-18-10-8-15(9-11-18)19(23)21-13-17-14-25-20(22-17)16-6-4-3-5-7-16/h2-11,14H,1,12-13H2,(H,21,23). The Balaban J connectivity index is 1.57. The minimum absolute atomic E-state index is 0.135. The number of hydrogen-bond donors (Lipinski definition) is 1. The highest BCUT2D eigenvalue weighted by Crippen LogP contribution is 2.23. The Kier molecular flexibility index (Phi) is 5.59. The number of aromatic nitrogens is 1. The summed E-state index contributed by atoms with van der Waals surface area (Å²) < 4.78 is 5.41. The smallest absolute Gasteiger partial charge is 0.251 e. The second-order valence-electron chi connectivity index (χ2n) is 5.32. The summed E-state index contributed by atoms with van der Waals surface area (Å²) in [7, 11) is 0. The molecule has 0 saturated heterocycles. The lowest BCUT2D eigenvalue weighted by molar-refractivity contribution is 0.0950. The highest BCUT2D eigenvalue weighted by atomic mass is 32.1. The van der Waals surface area contributed by atoms with Gasteiger partial charge in [-0.25, -0.2) is 4.98 Å². The van der Waals surface area contributed by atoms with Crippen LogP contribution >= 0.6 is 11.3 Å². The largest absolute Gasteiger partial charge is 0.490 e. The van der Waals surface area contributed by atoms with Gasteiger partial charge in [0.2, 0.25) is 0 Å². The van der Waals surface area contributed by atoms with E-state index in [1.807, 2.05) is 35.7 Å². The van der Waals surface area contributed by atoms with E-state index >= 15 is 0 Å². The van der Waals surface area contributed by atoms with Crippen LogP contribution in [-0.2, 0) is 6.54 Å². The number of amides is 1. The molecule has 25 heavy (non-hydrogen) atoms. The van der Waals surface area contributed by atoms with Gasteiger partial charge in [-0.15, -0.1) is 11.3 Å². The Labute approximate surface area is 150 Å². The van der Waals surface area contributed by atoms with E-state index < -0.39 is 0 Å². The van der Waals surface area contributed by atoms with Crippen molar-refractivity contribution in [1.82, 2.24) is 10.3 Å². The molecule has 0 spiro atoms. The van der Waals surface area contributed by atoms with Crippen molar-refractivity contribution in [2.24, 2.45) is 0 Å². The van der Waals surface area contributed by atoms with Crippen molar-refractivity contribution in [3.63, 3.8) is 0 Å². The number of carbonyl (C=O) groups is 1. The van der Waals surface area contributed by atoms with E-state index in [-0.39, 0.29) is 5.91 Å². The average Bonchev–Trinajstić information content (AvgIpc) is 3.14. The van der Waals surface area contributed by atoms with E-state index in [2.05, 4.69) is 16.9 Å². The third kappa shape index (κ3) is 4.55. The van der Waals surface area contributed by atoms with Crippen LogP contribution in [0.4, 0.5) is 0 Å². The van der Waals surface area contributed by atoms with Crippen molar-refractivity contribution in [3.8, 4) is 16.3 Å². The van der Waals surface area contributed by atoms with Gasteiger partial charge < -0.3 is 10.1 Å². The maximum atomic E-state index is 12.2. The van der Waals surface area contributed by atoms with E-state index in [1.54, 1.807) is 41.7 Å². The molecule has 0 saturated carbocycles. The molecule has 126 valence electrons. The fourth-order valence-electron chi connectivity index (χ4n) is 2.23. The lowest BCUT2D eigenvalue weighted by Gasteiger charge is -2.06. The van der Waals surface area contributed by atoms with Gasteiger partial charge >= 0.3 is 0 Å². The molecule has 0 atom stereocenters. The number of hydrogen-bond acceptors (Lipinski definition) is 4. The zero-order chi connectivity index (χ0) is 17.5. The van der Waals surface area contributed by atoms with Crippen LogP contribution in [0.5, 0.6) is 5.75 Å². The topological polar surface area (TPSA) is 51.2 Å². The first-order valence-electron chi connectivity index (χ1n) is 7.88. The number of nitrogens with one attached hydrogen (secondary N) is 1. The zero-order valence-corrected chi connectivity index (χ0v) is 14.5. The zero-order valence-electron chi connectivity index (χ0n) is 13.6. The molecule has 3 rings (SSSR count). The summed E-state index contributed by atoms with van der Waals surface area (Å²) in [6, 6.07) is 17.0. The van der Waals surface area contributed by atoms with Crippen molar-refractivity contribution in [3.05, 3.63) is 83.9 Å². The minimum Gasteiger partial charge on any atom is -0.490 e. The predicted octanol–water partition coefficient (Wildman–Crippen LogP) is 4.30. The molecule has 1 amide bonds. The first-order valence-corrected chi connectivity index (χ1v) is 8.76. The number of ether oxygens (including phenoxy) is 1. The first-order chi connectivity index (χ1) is 12.3. The van der Waals surface area contributed by atoms with E-state index in [1.165, 1.54) is 0 Å². The Morgan fingerprint density at radius 3 is 2.64 bits per heavy atom. The molecule has 1 aromatic heterocycles. The molecule has 2 aromatic carbocycles. The number of benzene rings is 2. The fraction of sp³-hybridized carbons (Fsp3) is 0.100. The summed E-state index contributed by atoms with van der Waals surface area (Å²) in [5.74, 6) is 0.577. The van der Waals surface area contributed by atoms with E-state index in [0.717, 1.165) is 16.3 Å². The van der Waals surface area contributed by atoms with Gasteiger partial charge in [0.25, 0.3) is 5.91 Å². The van der Waals surface area contributed by atoms with E-state index in [0.29, 0.717) is 24.5 Å². The average molecular weight is 350 g/mol. The molecule has 5 heteroatoms. The summed E-state index contributed by atoms with van der Waals surface area (Å²) in [5.41, 5.74) is 2.52. The molecular formula is C20H18N2O2S. The van der Waals surface area contributed by atoms with Crippen LogP contribution in [0.3, 0.4) is 0 Å². The number of carbonyl (C=O) groups excluding carboxylic acids is 1. The second-order valence-corrected chi connectivity index (χ2v) is 6.17. The van der Waals surface area contributed by atoms with Crippen LogP contribution in [-0.4, -0.2) is 17.5 Å². The normalized spacial score (nSPS) is 10.2. The Hall–Kier alpha value is -2.92. The van der Waals surface area contributed by atoms with Gasteiger partial charge in [0.1, 0.15) is 17.4 Å². The number of rotatable bonds is 7. The van der Waals surface area contributed by atoms with Crippen molar-refractivity contribution in [1.29, 1.82) is 0 Å². The SMILES string of the molecule is C=CCOc1ccc(C(=O)NCc2csc(-c3ccccc3)n2)cc1. The molecule has 0 unspecified atom stereocenters. The first kappa shape index (κ1) is 16.9. The summed E-state index contributed by atoms with van der Waals surface area (Å²) in [4.78, 5) is 16.8. The lowest BCUT2D eigenvalue weighted by Crippen LogP contribution is -2.22. The lowest BCUT2D eigenvalue weighted by atomic mass is 10.2. The molecular weight excluding hydrogens is 332 g/mol.